The number of rotatable bonds is 8. The van der Waals surface area contributed by atoms with Crippen LogP contribution in [0.4, 0.5) is 5.69 Å². The zero-order valence-electron chi connectivity index (χ0n) is 12.9. The van der Waals surface area contributed by atoms with E-state index < -0.39 is 22.6 Å². The van der Waals surface area contributed by atoms with Crippen molar-refractivity contribution in [3.63, 3.8) is 0 Å². The maximum absolute atomic E-state index is 11.5. The van der Waals surface area contributed by atoms with Crippen LogP contribution in [0.3, 0.4) is 0 Å². The number of hydrogen-bond acceptors (Lipinski definition) is 5. The van der Waals surface area contributed by atoms with Crippen molar-refractivity contribution in [1.82, 2.24) is 0 Å². The molecule has 0 heterocycles. The lowest BCUT2D eigenvalue weighted by Gasteiger charge is -2.24. The number of aromatic hydroxyl groups is 1. The molecular formula is C17H19NO5. The van der Waals surface area contributed by atoms with Gasteiger partial charge in [-0.2, -0.15) is 0 Å². The van der Waals surface area contributed by atoms with Gasteiger partial charge >= 0.3 is 5.97 Å². The number of carboxylic acids is 1. The second-order valence-electron chi connectivity index (χ2n) is 5.41. The fraction of sp³-hybridized carbons (Fsp3) is 0.353. The van der Waals surface area contributed by atoms with E-state index in [0.717, 1.165) is 18.7 Å². The van der Waals surface area contributed by atoms with E-state index in [1.54, 1.807) is 12.1 Å². The predicted molar refractivity (Wildman–Crippen MR) is 87.8 cm³/mol. The molecule has 2 N–H and O–H groups in total. The lowest BCUT2D eigenvalue weighted by atomic mass is 10.00. The van der Waals surface area contributed by atoms with Crippen LogP contribution in [-0.4, -0.2) is 29.3 Å². The molecule has 6 heteroatoms. The third kappa shape index (κ3) is 3.59. The lowest BCUT2D eigenvalue weighted by molar-refractivity contribution is -0.137. The summed E-state index contributed by atoms with van der Waals surface area (Å²) in [5.41, 5.74) is -0.0149. The van der Waals surface area contributed by atoms with Gasteiger partial charge in [-0.25, -0.2) is 0 Å². The van der Waals surface area contributed by atoms with Crippen LogP contribution in [0.1, 0.15) is 26.2 Å². The van der Waals surface area contributed by atoms with Gasteiger partial charge in [0, 0.05) is 25.2 Å². The third-order valence-electron chi connectivity index (χ3n) is 3.72. The summed E-state index contributed by atoms with van der Waals surface area (Å²) in [5, 5.41) is 18.2. The van der Waals surface area contributed by atoms with Gasteiger partial charge in [0.2, 0.25) is 5.43 Å². The van der Waals surface area contributed by atoms with Crippen molar-refractivity contribution in [2.45, 2.75) is 26.2 Å². The maximum Gasteiger partial charge on any atom is 0.303 e. The maximum atomic E-state index is 11.5. The number of carbonyl (C=O) groups is 1. The number of anilines is 1. The first-order chi connectivity index (χ1) is 11.0. The average molecular weight is 317 g/mol. The zero-order valence-corrected chi connectivity index (χ0v) is 12.9. The van der Waals surface area contributed by atoms with Crippen LogP contribution in [0.5, 0.6) is 5.75 Å². The molecule has 0 radical (unpaired) electrons. The summed E-state index contributed by atoms with van der Waals surface area (Å²) in [5.74, 6) is -1.29. The first-order valence-corrected chi connectivity index (χ1v) is 7.55. The summed E-state index contributed by atoms with van der Waals surface area (Å²) < 4.78 is 0. The van der Waals surface area contributed by atoms with E-state index in [1.807, 2.05) is 19.1 Å². The van der Waals surface area contributed by atoms with E-state index in [-0.39, 0.29) is 12.0 Å². The van der Waals surface area contributed by atoms with Crippen molar-refractivity contribution < 1.29 is 15.0 Å². The normalized spacial score (nSPS) is 10.8. The highest BCUT2D eigenvalue weighted by molar-refractivity contribution is 5.74. The first kappa shape index (κ1) is 16.7. The molecule has 0 aromatic heterocycles. The Labute approximate surface area is 133 Å². The Balaban J connectivity index is 2.14. The SMILES string of the molecule is CCCN(CCCC(=O)O)c1ccc(-c2c(O)c(=O)c2=O)cc1. The Hall–Kier alpha value is -2.63. The van der Waals surface area contributed by atoms with Crippen LogP contribution in [-0.2, 0) is 4.79 Å². The molecule has 0 aliphatic rings. The second kappa shape index (κ2) is 7.09. The standard InChI is InChI=1S/C17H19NO5/c1-2-9-18(10-3-4-13(19)20)12-7-5-11(6-8-12)14-15(21)17(23)16(14)22/h5-8,21H,2-4,9-10H2,1H3,(H,19,20). The quantitative estimate of drug-likeness (QED) is 0.720. The monoisotopic (exact) mass is 317 g/mol. The molecule has 0 unspecified atom stereocenters. The van der Waals surface area contributed by atoms with Gasteiger partial charge in [-0.3, -0.25) is 14.4 Å². The Morgan fingerprint density at radius 2 is 1.74 bits per heavy atom. The molecule has 0 saturated heterocycles. The van der Waals surface area contributed by atoms with Gasteiger partial charge in [0.25, 0.3) is 5.43 Å². The van der Waals surface area contributed by atoms with E-state index in [2.05, 4.69) is 4.90 Å². The molecule has 0 fully saturated rings. The predicted octanol–water partition coefficient (Wildman–Crippen LogP) is 1.74. The van der Waals surface area contributed by atoms with E-state index in [4.69, 9.17) is 5.11 Å². The number of nitrogens with zero attached hydrogens (tertiary/aromatic N) is 1. The van der Waals surface area contributed by atoms with Crippen molar-refractivity contribution in [3.8, 4) is 16.9 Å². The first-order valence-electron chi connectivity index (χ1n) is 7.55. The molecule has 6 nitrogen and oxygen atoms in total. The van der Waals surface area contributed by atoms with Crippen LogP contribution in [0.2, 0.25) is 0 Å². The number of carboxylic acid groups (broad SMARTS) is 1. The van der Waals surface area contributed by atoms with Crippen molar-refractivity contribution in [3.05, 3.63) is 44.7 Å². The topological polar surface area (TPSA) is 94.9 Å². The number of hydrogen-bond donors (Lipinski definition) is 2. The van der Waals surface area contributed by atoms with Crippen LogP contribution >= 0.6 is 0 Å². The molecule has 2 aromatic carbocycles. The van der Waals surface area contributed by atoms with E-state index in [9.17, 15) is 19.5 Å². The molecule has 2 aromatic rings. The van der Waals surface area contributed by atoms with Gasteiger partial charge < -0.3 is 15.1 Å². The zero-order chi connectivity index (χ0) is 17.0. The molecule has 0 amide bonds. The van der Waals surface area contributed by atoms with E-state index >= 15 is 0 Å². The highest BCUT2D eigenvalue weighted by Gasteiger charge is 2.21. The molecule has 0 spiro atoms. The van der Waals surface area contributed by atoms with Gasteiger partial charge in [0.1, 0.15) is 0 Å². The molecule has 0 saturated carbocycles. The third-order valence-corrected chi connectivity index (χ3v) is 3.72. The summed E-state index contributed by atoms with van der Waals surface area (Å²) in [6.45, 7) is 3.47. The van der Waals surface area contributed by atoms with E-state index in [0.29, 0.717) is 18.5 Å². The Bertz CT molecular complexity index is 756. The molecule has 0 bridgehead atoms. The summed E-state index contributed by atoms with van der Waals surface area (Å²) in [7, 11) is 0. The smallest absolute Gasteiger partial charge is 0.303 e. The van der Waals surface area contributed by atoms with Gasteiger partial charge in [0.15, 0.2) is 5.75 Å². The summed E-state index contributed by atoms with van der Waals surface area (Å²) in [6.07, 6.45) is 1.60. The molecular weight excluding hydrogens is 298 g/mol. The highest BCUT2D eigenvalue weighted by Crippen LogP contribution is 2.26. The number of aliphatic carboxylic acids is 1. The van der Waals surface area contributed by atoms with Crippen molar-refractivity contribution >= 4 is 11.7 Å². The van der Waals surface area contributed by atoms with Gasteiger partial charge in [-0.1, -0.05) is 19.1 Å². The summed E-state index contributed by atoms with van der Waals surface area (Å²) in [4.78, 5) is 35.2. The summed E-state index contributed by atoms with van der Waals surface area (Å²) in [6, 6.07) is 6.99. The van der Waals surface area contributed by atoms with Gasteiger partial charge in [0.05, 0.1) is 5.56 Å². The van der Waals surface area contributed by atoms with Crippen molar-refractivity contribution in [2.24, 2.45) is 0 Å². The molecule has 0 aliphatic heterocycles. The average Bonchev–Trinajstić information content (AvgIpc) is 2.54. The highest BCUT2D eigenvalue weighted by atomic mass is 16.4. The molecule has 2 rings (SSSR count). The molecule has 0 aliphatic carbocycles. The minimum Gasteiger partial charge on any atom is -0.503 e. The largest absolute Gasteiger partial charge is 0.503 e. The Morgan fingerprint density at radius 1 is 1.09 bits per heavy atom. The minimum atomic E-state index is -0.842. The van der Waals surface area contributed by atoms with Crippen molar-refractivity contribution in [1.29, 1.82) is 0 Å². The van der Waals surface area contributed by atoms with Crippen LogP contribution < -0.4 is 15.8 Å². The van der Waals surface area contributed by atoms with Crippen LogP contribution in [0.25, 0.3) is 11.1 Å². The summed E-state index contributed by atoms with van der Waals surface area (Å²) >= 11 is 0. The molecule has 0 atom stereocenters. The number of benzene rings is 1. The van der Waals surface area contributed by atoms with Crippen molar-refractivity contribution in [2.75, 3.05) is 18.0 Å². The van der Waals surface area contributed by atoms with Gasteiger partial charge in [-0.15, -0.1) is 0 Å². The minimum absolute atomic E-state index is 0.0643. The van der Waals surface area contributed by atoms with Crippen LogP contribution in [0.15, 0.2) is 33.9 Å². The Morgan fingerprint density at radius 3 is 2.26 bits per heavy atom. The lowest BCUT2D eigenvalue weighted by Crippen LogP contribution is -2.31. The van der Waals surface area contributed by atoms with E-state index in [1.165, 1.54) is 0 Å². The second-order valence-corrected chi connectivity index (χ2v) is 5.41. The Kier molecular flexibility index (Phi) is 5.16. The van der Waals surface area contributed by atoms with Gasteiger partial charge in [-0.05, 0) is 30.5 Å². The fourth-order valence-corrected chi connectivity index (χ4v) is 2.55. The van der Waals surface area contributed by atoms with Crippen LogP contribution in [0, 0.1) is 0 Å². The molecule has 23 heavy (non-hydrogen) atoms. The fourth-order valence-electron chi connectivity index (χ4n) is 2.55. The molecule has 122 valence electrons.